The number of piperidine rings is 1. The van der Waals surface area contributed by atoms with Crippen LogP contribution in [0.1, 0.15) is 35.7 Å². The maximum absolute atomic E-state index is 12.8. The Bertz CT molecular complexity index is 1060. The topological polar surface area (TPSA) is 59.7 Å². The summed E-state index contributed by atoms with van der Waals surface area (Å²) in [6, 6.07) is 12.0. The number of likely N-dealkylation sites (tertiary alicyclic amines) is 1. The van der Waals surface area contributed by atoms with Crippen LogP contribution in [-0.2, 0) is 11.2 Å². The van der Waals surface area contributed by atoms with E-state index < -0.39 is 0 Å². The monoisotopic (exact) mass is 374 g/mol. The third kappa shape index (κ3) is 3.15. The fourth-order valence-corrected chi connectivity index (χ4v) is 4.11. The van der Waals surface area contributed by atoms with Crippen LogP contribution in [0.3, 0.4) is 0 Å². The van der Waals surface area contributed by atoms with Gasteiger partial charge in [0.25, 0.3) is 0 Å². The second-order valence-corrected chi connectivity index (χ2v) is 7.41. The quantitative estimate of drug-likeness (QED) is 0.661. The molecule has 28 heavy (non-hydrogen) atoms. The van der Waals surface area contributed by atoms with E-state index in [2.05, 4.69) is 16.3 Å². The molecule has 1 unspecified atom stereocenters. The predicted molar refractivity (Wildman–Crippen MR) is 106 cm³/mol. The van der Waals surface area contributed by atoms with Gasteiger partial charge in [-0.15, -0.1) is 10.2 Å². The van der Waals surface area contributed by atoms with Crippen LogP contribution in [0.2, 0.25) is 0 Å². The van der Waals surface area contributed by atoms with Crippen LogP contribution in [0.5, 0.6) is 5.75 Å². The smallest absolute Gasteiger partial charge is 0.246 e. The number of aromatic nitrogens is 3. The van der Waals surface area contributed by atoms with Gasteiger partial charge in [-0.3, -0.25) is 9.20 Å². The SMILES string of the molecule is O=C(/C=C/c1ccc2c(c1)CCO2)N1CCCC(c2nnc3ccccn23)C1. The molecular weight excluding hydrogens is 352 g/mol. The van der Waals surface area contributed by atoms with Gasteiger partial charge >= 0.3 is 0 Å². The van der Waals surface area contributed by atoms with Gasteiger partial charge in [-0.1, -0.05) is 12.1 Å². The fraction of sp³-hybridized carbons (Fsp3) is 0.318. The molecule has 1 aromatic carbocycles. The summed E-state index contributed by atoms with van der Waals surface area (Å²) >= 11 is 0. The van der Waals surface area contributed by atoms with E-state index in [0.29, 0.717) is 6.54 Å². The Morgan fingerprint density at radius 2 is 2.18 bits per heavy atom. The molecule has 0 radical (unpaired) electrons. The van der Waals surface area contributed by atoms with Crippen molar-refractivity contribution in [2.24, 2.45) is 0 Å². The van der Waals surface area contributed by atoms with Gasteiger partial charge in [-0.05, 0) is 54.3 Å². The summed E-state index contributed by atoms with van der Waals surface area (Å²) in [7, 11) is 0. The second-order valence-electron chi connectivity index (χ2n) is 7.41. The molecule has 0 spiro atoms. The zero-order valence-corrected chi connectivity index (χ0v) is 15.6. The molecule has 3 aromatic rings. The number of hydrogen-bond acceptors (Lipinski definition) is 4. The van der Waals surface area contributed by atoms with Gasteiger partial charge in [-0.2, -0.15) is 0 Å². The van der Waals surface area contributed by atoms with Crippen LogP contribution >= 0.6 is 0 Å². The van der Waals surface area contributed by atoms with Crippen molar-refractivity contribution in [3.63, 3.8) is 0 Å². The van der Waals surface area contributed by atoms with E-state index in [-0.39, 0.29) is 11.8 Å². The number of rotatable bonds is 3. The van der Waals surface area contributed by atoms with Crippen LogP contribution < -0.4 is 4.74 Å². The number of fused-ring (bicyclic) bond motifs is 2. The average Bonchev–Trinajstić information content (AvgIpc) is 3.38. The van der Waals surface area contributed by atoms with Gasteiger partial charge in [0.05, 0.1) is 6.61 Å². The first-order valence-electron chi connectivity index (χ1n) is 9.80. The van der Waals surface area contributed by atoms with Crippen LogP contribution in [-0.4, -0.2) is 45.1 Å². The van der Waals surface area contributed by atoms with Crippen LogP contribution in [0.25, 0.3) is 11.7 Å². The number of amides is 1. The first-order chi connectivity index (χ1) is 13.8. The molecule has 0 bridgehead atoms. The van der Waals surface area contributed by atoms with Gasteiger partial charge in [0.2, 0.25) is 5.91 Å². The van der Waals surface area contributed by atoms with E-state index in [4.69, 9.17) is 4.74 Å². The Balaban J connectivity index is 1.30. The minimum Gasteiger partial charge on any atom is -0.493 e. The van der Waals surface area contributed by atoms with E-state index in [1.54, 1.807) is 6.08 Å². The summed E-state index contributed by atoms with van der Waals surface area (Å²) in [6.07, 6.45) is 8.50. The molecule has 1 fully saturated rings. The molecule has 0 N–H and O–H groups in total. The lowest BCUT2D eigenvalue weighted by molar-refractivity contribution is -0.127. The molecule has 0 aliphatic carbocycles. The molecule has 1 amide bonds. The zero-order chi connectivity index (χ0) is 18.9. The highest BCUT2D eigenvalue weighted by Gasteiger charge is 2.27. The Morgan fingerprint density at radius 3 is 3.14 bits per heavy atom. The van der Waals surface area contributed by atoms with E-state index in [1.165, 1.54) is 5.56 Å². The molecule has 1 saturated heterocycles. The highest BCUT2D eigenvalue weighted by atomic mass is 16.5. The van der Waals surface area contributed by atoms with Gasteiger partial charge in [0.15, 0.2) is 5.65 Å². The van der Waals surface area contributed by atoms with Crippen molar-refractivity contribution >= 4 is 17.6 Å². The molecule has 6 nitrogen and oxygen atoms in total. The molecular formula is C22H22N4O2. The van der Waals surface area contributed by atoms with Crippen LogP contribution in [0.15, 0.2) is 48.7 Å². The third-order valence-corrected chi connectivity index (χ3v) is 5.57. The summed E-state index contributed by atoms with van der Waals surface area (Å²) in [6.45, 7) is 2.21. The first kappa shape index (κ1) is 17.0. The lowest BCUT2D eigenvalue weighted by Gasteiger charge is -2.31. The number of hydrogen-bond donors (Lipinski definition) is 0. The highest BCUT2D eigenvalue weighted by Crippen LogP contribution is 2.28. The molecule has 2 aliphatic rings. The minimum absolute atomic E-state index is 0.0512. The Labute approximate surface area is 163 Å². The Kier molecular flexibility index (Phi) is 4.31. The Morgan fingerprint density at radius 1 is 1.21 bits per heavy atom. The van der Waals surface area contributed by atoms with Crippen molar-refractivity contribution < 1.29 is 9.53 Å². The lowest BCUT2D eigenvalue weighted by atomic mass is 9.97. The van der Waals surface area contributed by atoms with Crippen molar-refractivity contribution in [2.45, 2.75) is 25.2 Å². The zero-order valence-electron chi connectivity index (χ0n) is 15.6. The van der Waals surface area contributed by atoms with Gasteiger partial charge in [0.1, 0.15) is 11.6 Å². The molecule has 4 heterocycles. The largest absolute Gasteiger partial charge is 0.493 e. The van der Waals surface area contributed by atoms with Gasteiger partial charge < -0.3 is 9.64 Å². The molecule has 1 atom stereocenters. The molecule has 142 valence electrons. The van der Waals surface area contributed by atoms with Crippen LogP contribution in [0.4, 0.5) is 0 Å². The third-order valence-electron chi connectivity index (χ3n) is 5.57. The van der Waals surface area contributed by atoms with Crippen LogP contribution in [0, 0.1) is 0 Å². The predicted octanol–water partition coefficient (Wildman–Crippen LogP) is 3.08. The number of ether oxygens (including phenoxy) is 1. The van der Waals surface area contributed by atoms with Gasteiger partial charge in [0, 0.05) is 37.7 Å². The van der Waals surface area contributed by atoms with Crippen molar-refractivity contribution in [1.29, 1.82) is 0 Å². The number of pyridine rings is 1. The molecule has 5 rings (SSSR count). The average molecular weight is 374 g/mol. The number of nitrogens with zero attached hydrogens (tertiary/aromatic N) is 4. The van der Waals surface area contributed by atoms with Crippen molar-refractivity contribution in [3.05, 3.63) is 65.6 Å². The van der Waals surface area contributed by atoms with E-state index in [9.17, 15) is 4.79 Å². The molecule has 0 saturated carbocycles. The summed E-state index contributed by atoms with van der Waals surface area (Å²) < 4.78 is 7.57. The first-order valence-corrected chi connectivity index (χ1v) is 9.80. The van der Waals surface area contributed by atoms with Gasteiger partial charge in [-0.25, -0.2) is 0 Å². The highest BCUT2D eigenvalue weighted by molar-refractivity contribution is 5.92. The standard InChI is InChI=1S/C22H22N4O2/c27-21(9-7-16-6-8-19-17(14-16)10-13-28-19)25-11-3-4-18(15-25)22-24-23-20-5-1-2-12-26(20)22/h1-2,5-9,12,14,18H,3-4,10-11,13,15H2/b9-7+. The summed E-state index contributed by atoms with van der Waals surface area (Å²) in [5.41, 5.74) is 3.10. The van der Waals surface area contributed by atoms with E-state index in [0.717, 1.165) is 55.2 Å². The normalized spacial score (nSPS) is 19.1. The fourth-order valence-electron chi connectivity index (χ4n) is 4.11. The molecule has 2 aliphatic heterocycles. The number of carbonyl (C=O) groups is 1. The Hall–Kier alpha value is -3.15. The summed E-state index contributed by atoms with van der Waals surface area (Å²) in [5, 5.41) is 8.64. The summed E-state index contributed by atoms with van der Waals surface area (Å²) in [5.74, 6) is 2.16. The van der Waals surface area contributed by atoms with E-state index >= 15 is 0 Å². The second kappa shape index (κ2) is 7.11. The number of carbonyl (C=O) groups excluding carboxylic acids is 1. The van der Waals surface area contributed by atoms with Crippen molar-refractivity contribution in [2.75, 3.05) is 19.7 Å². The maximum atomic E-state index is 12.8. The summed E-state index contributed by atoms with van der Waals surface area (Å²) in [4.78, 5) is 14.7. The van der Waals surface area contributed by atoms with Crippen molar-refractivity contribution in [3.8, 4) is 5.75 Å². The number of benzene rings is 1. The molecule has 2 aromatic heterocycles. The molecule has 6 heteroatoms. The lowest BCUT2D eigenvalue weighted by Crippen LogP contribution is -2.38. The van der Waals surface area contributed by atoms with Crippen molar-refractivity contribution in [1.82, 2.24) is 19.5 Å². The van der Waals surface area contributed by atoms with E-state index in [1.807, 2.05) is 51.9 Å². The minimum atomic E-state index is 0.0512. The maximum Gasteiger partial charge on any atom is 0.246 e.